The smallest absolute Gasteiger partial charge is 0.165 e. The Bertz CT molecular complexity index is 2070. The van der Waals surface area contributed by atoms with Gasteiger partial charge < -0.3 is 4.42 Å². The second kappa shape index (κ2) is 8.33. The lowest BCUT2D eigenvalue weighted by Crippen LogP contribution is -2.00. The van der Waals surface area contributed by atoms with Gasteiger partial charge in [0.05, 0.1) is 0 Å². The number of hydrogen-bond acceptors (Lipinski definition) is 5. The Kier molecular flexibility index (Phi) is 4.66. The van der Waals surface area contributed by atoms with Gasteiger partial charge in [-0.25, -0.2) is 15.0 Å². The van der Waals surface area contributed by atoms with Gasteiger partial charge in [-0.05, 0) is 24.3 Å². The van der Waals surface area contributed by atoms with Crippen molar-refractivity contribution < 1.29 is 4.42 Å². The number of para-hydroxylation sites is 1. The van der Waals surface area contributed by atoms with Gasteiger partial charge in [-0.1, -0.05) is 91.0 Å². The Hall–Kier alpha value is -4.87. The number of thiophene rings is 1. The third-order valence-electron chi connectivity index (χ3n) is 6.95. The highest BCUT2D eigenvalue weighted by atomic mass is 32.1. The van der Waals surface area contributed by atoms with Crippen LogP contribution >= 0.6 is 11.3 Å². The number of rotatable bonds is 3. The van der Waals surface area contributed by atoms with Crippen LogP contribution in [0.2, 0.25) is 0 Å². The Balaban J connectivity index is 1.41. The topological polar surface area (TPSA) is 51.8 Å². The Morgan fingerprint density at radius 3 is 1.87 bits per heavy atom. The van der Waals surface area contributed by atoms with Gasteiger partial charge in [0.25, 0.3) is 0 Å². The summed E-state index contributed by atoms with van der Waals surface area (Å²) in [4.78, 5) is 14.8. The molecule has 0 aliphatic carbocycles. The van der Waals surface area contributed by atoms with Crippen LogP contribution in [-0.2, 0) is 0 Å². The predicted octanol–water partition coefficient (Wildman–Crippen LogP) is 9.14. The van der Waals surface area contributed by atoms with E-state index >= 15 is 0 Å². The SMILES string of the molecule is c1ccc(-c2nc(-c3ccccc3)nc(-c3cccc4c3sc3ccc5c6ccccc6oc5c34)n2)cc1. The molecule has 0 saturated carbocycles. The van der Waals surface area contributed by atoms with Crippen LogP contribution in [-0.4, -0.2) is 15.0 Å². The number of aromatic nitrogens is 3. The first kappa shape index (κ1) is 21.2. The molecule has 0 saturated heterocycles. The molecule has 0 unspecified atom stereocenters. The first-order valence-corrected chi connectivity index (χ1v) is 13.3. The van der Waals surface area contributed by atoms with Crippen LogP contribution in [0.15, 0.2) is 120 Å². The molecule has 0 bridgehead atoms. The molecule has 0 aliphatic rings. The zero-order chi connectivity index (χ0) is 25.1. The zero-order valence-corrected chi connectivity index (χ0v) is 20.9. The van der Waals surface area contributed by atoms with Gasteiger partial charge >= 0.3 is 0 Å². The normalized spacial score (nSPS) is 11.7. The van der Waals surface area contributed by atoms with Gasteiger partial charge in [-0.2, -0.15) is 0 Å². The number of fused-ring (bicyclic) bond motifs is 7. The summed E-state index contributed by atoms with van der Waals surface area (Å²) in [5.74, 6) is 1.98. The van der Waals surface area contributed by atoms with E-state index in [4.69, 9.17) is 19.4 Å². The van der Waals surface area contributed by atoms with Crippen molar-refractivity contribution in [3.63, 3.8) is 0 Å². The van der Waals surface area contributed by atoms with Crippen LogP contribution in [0.1, 0.15) is 0 Å². The third kappa shape index (κ3) is 3.26. The third-order valence-corrected chi connectivity index (χ3v) is 8.15. The Morgan fingerprint density at radius 1 is 0.500 bits per heavy atom. The molecule has 0 aliphatic heterocycles. The maximum Gasteiger partial charge on any atom is 0.165 e. The molecule has 0 radical (unpaired) electrons. The molecule has 3 heterocycles. The molecular weight excluding hydrogens is 486 g/mol. The molecule has 4 nitrogen and oxygen atoms in total. The molecule has 3 aromatic heterocycles. The minimum atomic E-state index is 0.659. The summed E-state index contributed by atoms with van der Waals surface area (Å²) in [6.45, 7) is 0. The van der Waals surface area contributed by atoms with Crippen molar-refractivity contribution in [3.05, 3.63) is 115 Å². The lowest BCUT2D eigenvalue weighted by Gasteiger charge is -2.09. The quantitative estimate of drug-likeness (QED) is 0.240. The van der Waals surface area contributed by atoms with Gasteiger partial charge in [-0.3, -0.25) is 0 Å². The maximum absolute atomic E-state index is 6.40. The first-order chi connectivity index (χ1) is 18.8. The van der Waals surface area contributed by atoms with Crippen molar-refractivity contribution in [1.29, 1.82) is 0 Å². The minimum Gasteiger partial charge on any atom is -0.455 e. The maximum atomic E-state index is 6.40. The first-order valence-electron chi connectivity index (χ1n) is 12.5. The summed E-state index contributed by atoms with van der Waals surface area (Å²) in [5, 5.41) is 4.56. The minimum absolute atomic E-state index is 0.659. The number of benzene rings is 5. The van der Waals surface area contributed by atoms with Crippen LogP contribution in [0.25, 0.3) is 76.3 Å². The van der Waals surface area contributed by atoms with Crippen molar-refractivity contribution in [2.45, 2.75) is 0 Å². The summed E-state index contributed by atoms with van der Waals surface area (Å²) >= 11 is 1.75. The van der Waals surface area contributed by atoms with E-state index < -0.39 is 0 Å². The monoisotopic (exact) mass is 505 g/mol. The molecule has 38 heavy (non-hydrogen) atoms. The van der Waals surface area contributed by atoms with Gasteiger partial charge in [0.2, 0.25) is 0 Å². The second-order valence-corrected chi connectivity index (χ2v) is 10.3. The second-order valence-electron chi connectivity index (χ2n) is 9.24. The Labute approximate surface area is 221 Å². The average molecular weight is 506 g/mol. The molecule has 0 amide bonds. The highest BCUT2D eigenvalue weighted by Gasteiger charge is 2.19. The summed E-state index contributed by atoms with van der Waals surface area (Å²) in [5.41, 5.74) is 4.74. The molecule has 8 rings (SSSR count). The van der Waals surface area contributed by atoms with E-state index in [1.165, 1.54) is 4.70 Å². The van der Waals surface area contributed by atoms with Crippen molar-refractivity contribution in [2.75, 3.05) is 0 Å². The molecule has 0 spiro atoms. The lowest BCUT2D eigenvalue weighted by molar-refractivity contribution is 0.673. The standard InChI is InChI=1S/C33H19N3OS/c1-3-10-20(11-4-1)31-34-32(21-12-5-2-6-13-21)36-33(35-31)25-16-9-15-24-28-27(38-30(24)25)19-18-23-22-14-7-8-17-26(22)37-29(23)28/h1-19H. The molecule has 0 fully saturated rings. The van der Waals surface area contributed by atoms with Crippen LogP contribution in [0.5, 0.6) is 0 Å². The molecule has 0 atom stereocenters. The van der Waals surface area contributed by atoms with Crippen molar-refractivity contribution in [1.82, 2.24) is 15.0 Å². The summed E-state index contributed by atoms with van der Waals surface area (Å²) in [6, 6.07) is 39.1. The van der Waals surface area contributed by atoms with Crippen LogP contribution < -0.4 is 0 Å². The fraction of sp³-hybridized carbons (Fsp3) is 0. The fourth-order valence-electron chi connectivity index (χ4n) is 5.17. The summed E-state index contributed by atoms with van der Waals surface area (Å²) in [6.07, 6.45) is 0. The van der Waals surface area contributed by atoms with E-state index in [1.54, 1.807) is 11.3 Å². The zero-order valence-electron chi connectivity index (χ0n) is 20.1. The van der Waals surface area contributed by atoms with Crippen molar-refractivity contribution in [2.24, 2.45) is 0 Å². The predicted molar refractivity (Wildman–Crippen MR) is 156 cm³/mol. The van der Waals surface area contributed by atoms with Crippen molar-refractivity contribution >= 4 is 53.4 Å². The summed E-state index contributed by atoms with van der Waals surface area (Å²) in [7, 11) is 0. The van der Waals surface area contributed by atoms with E-state index in [1.807, 2.05) is 72.8 Å². The van der Waals surface area contributed by atoms with E-state index in [9.17, 15) is 0 Å². The number of hydrogen-bond donors (Lipinski definition) is 0. The van der Waals surface area contributed by atoms with Crippen molar-refractivity contribution in [3.8, 4) is 34.2 Å². The van der Waals surface area contributed by atoms with Gasteiger partial charge in [-0.15, -0.1) is 11.3 Å². The number of nitrogens with zero attached hydrogens (tertiary/aromatic N) is 3. The largest absolute Gasteiger partial charge is 0.455 e. The van der Waals surface area contributed by atoms with Gasteiger partial charge in [0, 0.05) is 47.6 Å². The molecule has 5 heteroatoms. The molecule has 178 valence electrons. The highest BCUT2D eigenvalue weighted by molar-refractivity contribution is 7.26. The molecule has 0 N–H and O–H groups in total. The van der Waals surface area contributed by atoms with E-state index in [0.29, 0.717) is 17.5 Å². The van der Waals surface area contributed by atoms with Gasteiger partial charge in [0.1, 0.15) is 11.2 Å². The van der Waals surface area contributed by atoms with Crippen LogP contribution in [0, 0.1) is 0 Å². The molecular formula is C33H19N3OS. The molecule has 8 aromatic rings. The van der Waals surface area contributed by atoms with Gasteiger partial charge in [0.15, 0.2) is 17.5 Å². The lowest BCUT2D eigenvalue weighted by atomic mass is 10.1. The average Bonchev–Trinajstić information content (AvgIpc) is 3.56. The van der Waals surface area contributed by atoms with E-state index in [0.717, 1.165) is 54.1 Å². The highest BCUT2D eigenvalue weighted by Crippen LogP contribution is 2.44. The number of furan rings is 1. The molecule has 5 aromatic carbocycles. The summed E-state index contributed by atoms with van der Waals surface area (Å²) < 4.78 is 8.72. The van der Waals surface area contributed by atoms with E-state index in [-0.39, 0.29) is 0 Å². The Morgan fingerprint density at radius 2 is 1.13 bits per heavy atom. The van der Waals surface area contributed by atoms with Crippen LogP contribution in [0.4, 0.5) is 0 Å². The van der Waals surface area contributed by atoms with E-state index in [2.05, 4.69) is 42.5 Å². The van der Waals surface area contributed by atoms with Crippen LogP contribution in [0.3, 0.4) is 0 Å². The fourth-order valence-corrected chi connectivity index (χ4v) is 6.38.